The van der Waals surface area contributed by atoms with Gasteiger partial charge in [-0.05, 0) is 59.2 Å². The third kappa shape index (κ3) is 7.12. The molecule has 0 atom stereocenters. The number of hydrogen-bond donors (Lipinski definition) is 2. The molecule has 2 aromatic heterocycles. The summed E-state index contributed by atoms with van der Waals surface area (Å²) < 4.78 is 18.0. The molecule has 230 valence electrons. The van der Waals surface area contributed by atoms with Crippen LogP contribution in [0.1, 0.15) is 39.3 Å². The van der Waals surface area contributed by atoms with Gasteiger partial charge in [-0.25, -0.2) is 4.79 Å². The molecule has 3 N–H and O–H groups in total. The summed E-state index contributed by atoms with van der Waals surface area (Å²) in [5.41, 5.74) is 10.1. The van der Waals surface area contributed by atoms with Crippen molar-refractivity contribution in [2.45, 2.75) is 31.9 Å². The average molecular weight is 605 g/mol. The molecule has 45 heavy (non-hydrogen) atoms. The fourth-order valence-electron chi connectivity index (χ4n) is 5.30. The van der Waals surface area contributed by atoms with Gasteiger partial charge in [-0.15, -0.1) is 0 Å². The van der Waals surface area contributed by atoms with Crippen molar-refractivity contribution in [3.8, 4) is 11.5 Å². The summed E-state index contributed by atoms with van der Waals surface area (Å²) in [5.74, 6) is 1.46. The number of urea groups is 1. The lowest BCUT2D eigenvalue weighted by atomic mass is 9.80. The summed E-state index contributed by atoms with van der Waals surface area (Å²) in [6, 6.07) is 34.2. The minimum Gasteiger partial charge on any atom is -0.497 e. The van der Waals surface area contributed by atoms with Crippen LogP contribution in [0.3, 0.4) is 0 Å². The van der Waals surface area contributed by atoms with E-state index < -0.39 is 11.6 Å². The van der Waals surface area contributed by atoms with Gasteiger partial charge in [-0.2, -0.15) is 0 Å². The molecule has 9 nitrogen and oxygen atoms in total. The molecule has 0 saturated carbocycles. The van der Waals surface area contributed by atoms with Crippen LogP contribution in [-0.4, -0.2) is 40.2 Å². The maximum atomic E-state index is 12.5. The minimum absolute atomic E-state index is 0.142. The lowest BCUT2D eigenvalue weighted by Gasteiger charge is -2.36. The van der Waals surface area contributed by atoms with Crippen molar-refractivity contribution in [2.75, 3.05) is 14.2 Å². The Morgan fingerprint density at radius 1 is 0.756 bits per heavy atom. The van der Waals surface area contributed by atoms with E-state index in [-0.39, 0.29) is 26.3 Å². The van der Waals surface area contributed by atoms with Crippen LogP contribution in [0.15, 0.2) is 115 Å². The standard InChI is InChI=1S/C36H36N4O5/c1-43-32-17-13-28(14-18-32)36(27-9-4-3-5-10-27,29-15-19-33(44-2)20-16-29)45-25-26-8-7-21-38-34(26)23-40(35(37)42)22-30-11-6-12-31(24-41)39-30/h3-21,41H,22-25H2,1-2H3,(H2,37,42). The molecular formula is C36H36N4O5. The van der Waals surface area contributed by atoms with Crippen molar-refractivity contribution in [2.24, 2.45) is 5.73 Å². The summed E-state index contributed by atoms with van der Waals surface area (Å²) in [4.78, 5) is 23.0. The van der Waals surface area contributed by atoms with Gasteiger partial charge in [0, 0.05) is 11.8 Å². The van der Waals surface area contributed by atoms with Gasteiger partial charge in [-0.1, -0.05) is 66.7 Å². The second-order valence-electron chi connectivity index (χ2n) is 10.4. The molecule has 0 aliphatic carbocycles. The number of methoxy groups -OCH3 is 2. The quantitative estimate of drug-likeness (QED) is 0.169. The first-order chi connectivity index (χ1) is 22.0. The number of nitrogens with zero attached hydrogens (tertiary/aromatic N) is 3. The average Bonchev–Trinajstić information content (AvgIpc) is 3.10. The second kappa shape index (κ2) is 14.5. The van der Waals surface area contributed by atoms with Crippen LogP contribution < -0.4 is 15.2 Å². The zero-order valence-electron chi connectivity index (χ0n) is 25.3. The Morgan fingerprint density at radius 2 is 1.36 bits per heavy atom. The summed E-state index contributed by atoms with van der Waals surface area (Å²) in [5, 5.41) is 9.50. The maximum absolute atomic E-state index is 12.5. The first-order valence-corrected chi connectivity index (χ1v) is 14.5. The first-order valence-electron chi connectivity index (χ1n) is 14.5. The second-order valence-corrected chi connectivity index (χ2v) is 10.4. The fraction of sp³-hybridized carbons (Fsp3) is 0.194. The van der Waals surface area contributed by atoms with E-state index in [1.165, 1.54) is 4.90 Å². The molecule has 0 saturated heterocycles. The Bertz CT molecular complexity index is 1650. The number of carbonyl (C=O) groups is 1. The Labute approximate surface area is 262 Å². The predicted octanol–water partition coefficient (Wildman–Crippen LogP) is 5.58. The van der Waals surface area contributed by atoms with E-state index in [9.17, 15) is 9.90 Å². The normalized spacial score (nSPS) is 11.2. The molecule has 0 radical (unpaired) electrons. The molecule has 0 bridgehead atoms. The summed E-state index contributed by atoms with van der Waals surface area (Å²) in [6.07, 6.45) is 1.68. The van der Waals surface area contributed by atoms with Gasteiger partial charge < -0.3 is 30.0 Å². The third-order valence-corrected chi connectivity index (χ3v) is 7.63. The zero-order chi connectivity index (χ0) is 31.6. The molecule has 0 fully saturated rings. The number of aromatic nitrogens is 2. The van der Waals surface area contributed by atoms with Crippen LogP contribution in [-0.2, 0) is 36.6 Å². The maximum Gasteiger partial charge on any atom is 0.315 e. The van der Waals surface area contributed by atoms with Gasteiger partial charge >= 0.3 is 6.03 Å². The first kappa shape index (κ1) is 31.2. The van der Waals surface area contributed by atoms with E-state index in [4.69, 9.17) is 19.9 Å². The van der Waals surface area contributed by atoms with Gasteiger partial charge in [0.15, 0.2) is 0 Å². The Balaban J connectivity index is 1.53. The van der Waals surface area contributed by atoms with Crippen molar-refractivity contribution in [1.82, 2.24) is 14.9 Å². The fourth-order valence-corrected chi connectivity index (χ4v) is 5.30. The van der Waals surface area contributed by atoms with Crippen LogP contribution in [0.4, 0.5) is 4.79 Å². The highest BCUT2D eigenvalue weighted by atomic mass is 16.5. The molecule has 5 rings (SSSR count). The molecule has 0 aliphatic heterocycles. The lowest BCUT2D eigenvalue weighted by molar-refractivity contribution is -0.000483. The Kier molecular flexibility index (Phi) is 10.0. The third-order valence-electron chi connectivity index (χ3n) is 7.63. The number of hydrogen-bond acceptors (Lipinski definition) is 7. The molecule has 2 heterocycles. The minimum atomic E-state index is -1.02. The van der Waals surface area contributed by atoms with E-state index in [0.29, 0.717) is 17.1 Å². The van der Waals surface area contributed by atoms with Crippen LogP contribution in [0.25, 0.3) is 0 Å². The van der Waals surface area contributed by atoms with Crippen molar-refractivity contribution < 1.29 is 24.1 Å². The highest BCUT2D eigenvalue weighted by Crippen LogP contribution is 2.42. The van der Waals surface area contributed by atoms with Gasteiger partial charge in [0.1, 0.15) is 17.1 Å². The number of ether oxygens (including phenoxy) is 3. The number of carbonyl (C=O) groups excluding carboxylic acids is 1. The van der Waals surface area contributed by atoms with Crippen LogP contribution in [0.2, 0.25) is 0 Å². The topological polar surface area (TPSA) is 120 Å². The van der Waals surface area contributed by atoms with E-state index >= 15 is 0 Å². The van der Waals surface area contributed by atoms with Crippen molar-refractivity contribution in [3.05, 3.63) is 155 Å². The van der Waals surface area contributed by atoms with E-state index in [1.54, 1.807) is 38.6 Å². The largest absolute Gasteiger partial charge is 0.497 e. The molecule has 9 heteroatoms. The number of nitrogens with two attached hydrogens (primary N) is 1. The number of benzene rings is 3. The molecule has 0 aliphatic rings. The predicted molar refractivity (Wildman–Crippen MR) is 170 cm³/mol. The molecule has 5 aromatic rings. The van der Waals surface area contributed by atoms with Crippen molar-refractivity contribution >= 4 is 6.03 Å². The number of aliphatic hydroxyl groups excluding tert-OH is 1. The molecule has 3 aromatic carbocycles. The molecule has 0 spiro atoms. The Hall–Kier alpha value is -5.25. The monoisotopic (exact) mass is 604 g/mol. The van der Waals surface area contributed by atoms with Gasteiger partial charge in [0.25, 0.3) is 0 Å². The highest BCUT2D eigenvalue weighted by molar-refractivity contribution is 5.72. The van der Waals surface area contributed by atoms with Crippen LogP contribution >= 0.6 is 0 Å². The summed E-state index contributed by atoms with van der Waals surface area (Å²) >= 11 is 0. The van der Waals surface area contributed by atoms with Crippen LogP contribution in [0, 0.1) is 0 Å². The highest BCUT2D eigenvalue weighted by Gasteiger charge is 2.38. The van der Waals surface area contributed by atoms with Gasteiger partial charge in [-0.3, -0.25) is 9.97 Å². The van der Waals surface area contributed by atoms with E-state index in [1.807, 2.05) is 91.0 Å². The number of primary amides is 1. The zero-order valence-corrected chi connectivity index (χ0v) is 25.3. The summed E-state index contributed by atoms with van der Waals surface area (Å²) in [6.45, 7) is 0.272. The Morgan fingerprint density at radius 3 is 1.93 bits per heavy atom. The van der Waals surface area contributed by atoms with E-state index in [0.717, 1.165) is 33.8 Å². The van der Waals surface area contributed by atoms with Gasteiger partial charge in [0.05, 0.1) is 57.6 Å². The molecule has 2 amide bonds. The smallest absolute Gasteiger partial charge is 0.315 e. The molecular weight excluding hydrogens is 568 g/mol. The number of amides is 2. The molecule has 0 unspecified atom stereocenters. The summed E-state index contributed by atoms with van der Waals surface area (Å²) in [7, 11) is 3.27. The SMILES string of the molecule is COc1ccc(C(OCc2cccnc2CN(Cc2cccc(CO)n2)C(N)=O)(c2ccccc2)c2ccc(OC)cc2)cc1. The lowest BCUT2D eigenvalue weighted by Crippen LogP contribution is -2.36. The number of aliphatic hydroxyl groups is 1. The van der Waals surface area contributed by atoms with Gasteiger partial charge in [0.2, 0.25) is 0 Å². The van der Waals surface area contributed by atoms with Crippen LogP contribution in [0.5, 0.6) is 11.5 Å². The van der Waals surface area contributed by atoms with Crippen molar-refractivity contribution in [1.29, 1.82) is 0 Å². The number of rotatable bonds is 13. The number of pyridine rings is 2. The van der Waals surface area contributed by atoms with E-state index in [2.05, 4.69) is 9.97 Å². The van der Waals surface area contributed by atoms with Crippen molar-refractivity contribution in [3.63, 3.8) is 0 Å².